The summed E-state index contributed by atoms with van der Waals surface area (Å²) < 4.78 is 13.3. The molecular formula is C10H13FN2O2. The Morgan fingerprint density at radius 2 is 2.40 bits per heavy atom. The molecule has 0 spiro atoms. The molecule has 1 aromatic heterocycles. The van der Waals surface area contributed by atoms with Gasteiger partial charge in [0.15, 0.2) is 11.6 Å². The topological polar surface area (TPSA) is 53.4 Å². The molecule has 1 N–H and O–H groups in total. The van der Waals surface area contributed by atoms with Crippen molar-refractivity contribution in [2.75, 3.05) is 11.9 Å². The zero-order valence-corrected chi connectivity index (χ0v) is 8.64. The molecule has 1 rings (SSSR count). The van der Waals surface area contributed by atoms with E-state index in [2.05, 4.69) is 4.98 Å². The lowest BCUT2D eigenvalue weighted by molar-refractivity contribution is -0.137. The molecule has 0 aliphatic carbocycles. The van der Waals surface area contributed by atoms with Gasteiger partial charge in [-0.3, -0.25) is 4.79 Å². The van der Waals surface area contributed by atoms with Gasteiger partial charge in [-0.05, 0) is 19.1 Å². The van der Waals surface area contributed by atoms with Crippen LogP contribution >= 0.6 is 0 Å². The van der Waals surface area contributed by atoms with E-state index in [1.807, 2.05) is 0 Å². The number of halogens is 1. The van der Waals surface area contributed by atoms with Gasteiger partial charge in [-0.25, -0.2) is 9.37 Å². The third-order valence-corrected chi connectivity index (χ3v) is 2.20. The van der Waals surface area contributed by atoms with Crippen LogP contribution in [-0.2, 0) is 4.79 Å². The molecule has 1 atom stereocenters. The van der Waals surface area contributed by atoms with E-state index in [-0.39, 0.29) is 18.3 Å². The minimum Gasteiger partial charge on any atom is -0.481 e. The molecule has 0 radical (unpaired) electrons. The van der Waals surface area contributed by atoms with Gasteiger partial charge in [-0.1, -0.05) is 0 Å². The molecule has 0 saturated heterocycles. The summed E-state index contributed by atoms with van der Waals surface area (Å²) in [6.45, 7) is 1.71. The Morgan fingerprint density at radius 1 is 1.73 bits per heavy atom. The second-order valence-corrected chi connectivity index (χ2v) is 3.37. The van der Waals surface area contributed by atoms with Crippen LogP contribution < -0.4 is 4.90 Å². The lowest BCUT2D eigenvalue weighted by Gasteiger charge is -2.24. The van der Waals surface area contributed by atoms with Crippen LogP contribution in [0.4, 0.5) is 10.2 Å². The summed E-state index contributed by atoms with van der Waals surface area (Å²) in [5.41, 5.74) is 0. The average Bonchev–Trinajstić information content (AvgIpc) is 2.16. The van der Waals surface area contributed by atoms with Crippen molar-refractivity contribution in [2.45, 2.75) is 19.4 Å². The molecule has 0 fully saturated rings. The quantitative estimate of drug-likeness (QED) is 0.822. The molecule has 0 saturated carbocycles. The van der Waals surface area contributed by atoms with Crippen molar-refractivity contribution in [3.8, 4) is 0 Å². The van der Waals surface area contributed by atoms with Crippen LogP contribution in [0.3, 0.4) is 0 Å². The molecule has 0 amide bonds. The normalized spacial score (nSPS) is 12.2. The molecule has 15 heavy (non-hydrogen) atoms. The van der Waals surface area contributed by atoms with E-state index >= 15 is 0 Å². The van der Waals surface area contributed by atoms with Crippen LogP contribution in [0.5, 0.6) is 0 Å². The van der Waals surface area contributed by atoms with Gasteiger partial charge in [-0.2, -0.15) is 0 Å². The maximum absolute atomic E-state index is 13.3. The van der Waals surface area contributed by atoms with Gasteiger partial charge in [0.2, 0.25) is 0 Å². The summed E-state index contributed by atoms with van der Waals surface area (Å²) in [7, 11) is 1.62. The number of hydrogen-bond acceptors (Lipinski definition) is 3. The first kappa shape index (κ1) is 11.4. The minimum absolute atomic E-state index is 0.0491. The van der Waals surface area contributed by atoms with E-state index in [1.165, 1.54) is 23.2 Å². The number of aromatic nitrogens is 1. The molecule has 82 valence electrons. The fourth-order valence-corrected chi connectivity index (χ4v) is 1.24. The smallest absolute Gasteiger partial charge is 0.305 e. The summed E-state index contributed by atoms with van der Waals surface area (Å²) >= 11 is 0. The second kappa shape index (κ2) is 4.72. The van der Waals surface area contributed by atoms with Crippen LogP contribution in [0.2, 0.25) is 0 Å². The number of pyridine rings is 1. The maximum Gasteiger partial charge on any atom is 0.305 e. The predicted octanol–water partition coefficient (Wildman–Crippen LogP) is 1.52. The largest absolute Gasteiger partial charge is 0.481 e. The van der Waals surface area contributed by atoms with E-state index in [9.17, 15) is 9.18 Å². The Balaban J connectivity index is 2.80. The van der Waals surface area contributed by atoms with Crippen LogP contribution in [0.15, 0.2) is 18.3 Å². The predicted molar refractivity (Wildman–Crippen MR) is 54.3 cm³/mol. The number of carbonyl (C=O) groups is 1. The molecule has 0 bridgehead atoms. The van der Waals surface area contributed by atoms with Crippen molar-refractivity contribution in [1.82, 2.24) is 4.98 Å². The summed E-state index contributed by atoms with van der Waals surface area (Å²) in [4.78, 5) is 15.9. The fourth-order valence-electron chi connectivity index (χ4n) is 1.24. The number of hydrogen-bond donors (Lipinski definition) is 1. The van der Waals surface area contributed by atoms with Gasteiger partial charge in [0, 0.05) is 19.3 Å². The standard InChI is InChI=1S/C10H13FN2O2/c1-7(6-9(14)15)13(2)10-8(11)4-3-5-12-10/h3-5,7H,6H2,1-2H3,(H,14,15). The molecule has 0 aliphatic rings. The zero-order chi connectivity index (χ0) is 11.4. The molecule has 0 aromatic carbocycles. The highest BCUT2D eigenvalue weighted by Gasteiger charge is 2.17. The van der Waals surface area contributed by atoms with Crippen molar-refractivity contribution in [3.05, 3.63) is 24.1 Å². The van der Waals surface area contributed by atoms with Crippen molar-refractivity contribution in [3.63, 3.8) is 0 Å². The SMILES string of the molecule is CC(CC(=O)O)N(C)c1ncccc1F. The molecule has 1 aromatic rings. The van der Waals surface area contributed by atoms with Crippen molar-refractivity contribution in [1.29, 1.82) is 0 Å². The van der Waals surface area contributed by atoms with Crippen LogP contribution in [0.1, 0.15) is 13.3 Å². The second-order valence-electron chi connectivity index (χ2n) is 3.37. The lowest BCUT2D eigenvalue weighted by Crippen LogP contribution is -2.32. The molecule has 1 unspecified atom stereocenters. The van der Waals surface area contributed by atoms with Gasteiger partial charge in [-0.15, -0.1) is 0 Å². The lowest BCUT2D eigenvalue weighted by atomic mass is 10.2. The third kappa shape index (κ3) is 2.90. The van der Waals surface area contributed by atoms with E-state index < -0.39 is 11.8 Å². The number of nitrogens with zero attached hydrogens (tertiary/aromatic N) is 2. The van der Waals surface area contributed by atoms with Gasteiger partial charge in [0.1, 0.15) is 0 Å². The fraction of sp³-hybridized carbons (Fsp3) is 0.400. The first-order valence-electron chi connectivity index (χ1n) is 4.57. The van der Waals surface area contributed by atoms with E-state index in [1.54, 1.807) is 14.0 Å². The first-order valence-corrected chi connectivity index (χ1v) is 4.57. The molecular weight excluding hydrogens is 199 g/mol. The number of carboxylic acids is 1. The molecule has 5 heteroatoms. The van der Waals surface area contributed by atoms with Gasteiger partial charge in [0.25, 0.3) is 0 Å². The third-order valence-electron chi connectivity index (χ3n) is 2.20. The van der Waals surface area contributed by atoms with E-state index in [0.29, 0.717) is 0 Å². The number of carboxylic acid groups (broad SMARTS) is 1. The molecule has 4 nitrogen and oxygen atoms in total. The Hall–Kier alpha value is -1.65. The molecule has 0 aliphatic heterocycles. The van der Waals surface area contributed by atoms with E-state index in [0.717, 1.165) is 0 Å². The highest BCUT2D eigenvalue weighted by molar-refractivity contribution is 5.68. The van der Waals surface area contributed by atoms with Crippen LogP contribution in [-0.4, -0.2) is 29.1 Å². The number of rotatable bonds is 4. The van der Waals surface area contributed by atoms with Crippen molar-refractivity contribution in [2.24, 2.45) is 0 Å². The maximum atomic E-state index is 13.3. The summed E-state index contributed by atoms with van der Waals surface area (Å²) in [5.74, 6) is -1.19. The Kier molecular flexibility index (Phi) is 3.60. The zero-order valence-electron chi connectivity index (χ0n) is 8.64. The van der Waals surface area contributed by atoms with Gasteiger partial charge in [0.05, 0.1) is 6.42 Å². The van der Waals surface area contributed by atoms with Gasteiger partial charge >= 0.3 is 5.97 Å². The Labute approximate surface area is 87.4 Å². The highest BCUT2D eigenvalue weighted by atomic mass is 19.1. The van der Waals surface area contributed by atoms with Gasteiger partial charge < -0.3 is 10.0 Å². The molecule has 1 heterocycles. The Morgan fingerprint density at radius 3 is 2.93 bits per heavy atom. The number of anilines is 1. The summed E-state index contributed by atoms with van der Waals surface area (Å²) in [6.07, 6.45) is 1.43. The van der Waals surface area contributed by atoms with Crippen molar-refractivity contribution >= 4 is 11.8 Å². The average molecular weight is 212 g/mol. The van der Waals surface area contributed by atoms with E-state index in [4.69, 9.17) is 5.11 Å². The van der Waals surface area contributed by atoms with Crippen molar-refractivity contribution < 1.29 is 14.3 Å². The highest BCUT2D eigenvalue weighted by Crippen LogP contribution is 2.17. The number of aliphatic carboxylic acids is 1. The first-order chi connectivity index (χ1) is 7.02. The van der Waals surface area contributed by atoms with Crippen LogP contribution in [0, 0.1) is 5.82 Å². The Bertz CT molecular complexity index is 357. The summed E-state index contributed by atoms with van der Waals surface area (Å²) in [6, 6.07) is 2.49. The van der Waals surface area contributed by atoms with Crippen LogP contribution in [0.25, 0.3) is 0 Å². The minimum atomic E-state index is -0.911. The summed E-state index contributed by atoms with van der Waals surface area (Å²) in [5, 5.41) is 8.61. The monoisotopic (exact) mass is 212 g/mol.